The lowest BCUT2D eigenvalue weighted by atomic mass is 10.1. The smallest absolute Gasteiger partial charge is 0.132 e. The molecule has 1 fully saturated rings. The van der Waals surface area contributed by atoms with Crippen LogP contribution in [-0.4, -0.2) is 6.04 Å². The van der Waals surface area contributed by atoms with Gasteiger partial charge in [0.25, 0.3) is 0 Å². The largest absolute Gasteiger partial charge is 0.457 e. The Balaban J connectivity index is 1.84. The summed E-state index contributed by atoms with van der Waals surface area (Å²) < 4.78 is 7.25. The van der Waals surface area contributed by atoms with E-state index < -0.39 is 0 Å². The van der Waals surface area contributed by atoms with Gasteiger partial charge >= 0.3 is 0 Å². The van der Waals surface area contributed by atoms with Gasteiger partial charge in [-0.15, -0.1) is 0 Å². The van der Waals surface area contributed by atoms with Crippen LogP contribution in [0.25, 0.3) is 0 Å². The first-order valence-electron chi connectivity index (χ1n) is 7.39. The molecule has 0 amide bonds. The molecule has 2 nitrogen and oxygen atoms in total. The number of rotatable bonds is 5. The van der Waals surface area contributed by atoms with Crippen molar-refractivity contribution in [3.05, 3.63) is 57.6 Å². The molecule has 1 N–H and O–H groups in total. The van der Waals surface area contributed by atoms with E-state index in [1.165, 1.54) is 29.5 Å². The summed E-state index contributed by atoms with van der Waals surface area (Å²) in [5.74, 6) is 1.87. The lowest BCUT2D eigenvalue weighted by Gasteiger charge is -2.15. The number of benzene rings is 2. The first-order valence-corrected chi connectivity index (χ1v) is 8.18. The molecule has 0 saturated heterocycles. The molecular weight excluding hydrogens is 326 g/mol. The molecule has 0 aliphatic heterocycles. The van der Waals surface area contributed by atoms with E-state index in [2.05, 4.69) is 47.2 Å². The number of halogens is 1. The van der Waals surface area contributed by atoms with Crippen molar-refractivity contribution in [2.45, 2.75) is 39.3 Å². The van der Waals surface area contributed by atoms with Crippen LogP contribution in [0.2, 0.25) is 0 Å². The van der Waals surface area contributed by atoms with E-state index in [1.54, 1.807) is 0 Å². The zero-order chi connectivity index (χ0) is 14.8. The minimum Gasteiger partial charge on any atom is -0.457 e. The van der Waals surface area contributed by atoms with Gasteiger partial charge in [-0.2, -0.15) is 0 Å². The van der Waals surface area contributed by atoms with Crippen molar-refractivity contribution in [3.63, 3.8) is 0 Å². The Morgan fingerprint density at radius 1 is 1.14 bits per heavy atom. The third-order valence-corrected chi connectivity index (χ3v) is 4.45. The van der Waals surface area contributed by atoms with E-state index in [0.29, 0.717) is 6.04 Å². The summed E-state index contributed by atoms with van der Waals surface area (Å²) in [6.07, 6.45) is 2.59. The van der Waals surface area contributed by atoms with Crippen LogP contribution in [0.4, 0.5) is 0 Å². The predicted molar refractivity (Wildman–Crippen MR) is 90.0 cm³/mol. The molecule has 3 rings (SSSR count). The summed E-state index contributed by atoms with van der Waals surface area (Å²) in [6, 6.07) is 13.1. The van der Waals surface area contributed by atoms with Gasteiger partial charge in [-0.1, -0.05) is 28.1 Å². The topological polar surface area (TPSA) is 21.3 Å². The zero-order valence-corrected chi connectivity index (χ0v) is 14.0. The van der Waals surface area contributed by atoms with Gasteiger partial charge in [-0.05, 0) is 62.1 Å². The number of hydrogen-bond donors (Lipinski definition) is 1. The minimum atomic E-state index is 0.692. The molecule has 2 aromatic rings. The fourth-order valence-corrected chi connectivity index (χ4v) is 2.69. The van der Waals surface area contributed by atoms with Crippen molar-refractivity contribution in [3.8, 4) is 11.5 Å². The van der Waals surface area contributed by atoms with Crippen LogP contribution in [0.1, 0.15) is 29.5 Å². The van der Waals surface area contributed by atoms with E-state index in [0.717, 1.165) is 22.5 Å². The van der Waals surface area contributed by atoms with Crippen LogP contribution in [0.15, 0.2) is 40.9 Å². The van der Waals surface area contributed by atoms with Crippen molar-refractivity contribution >= 4 is 15.9 Å². The van der Waals surface area contributed by atoms with Gasteiger partial charge in [0.1, 0.15) is 11.5 Å². The molecule has 1 saturated carbocycles. The number of ether oxygens (including phenoxy) is 1. The Morgan fingerprint density at radius 2 is 1.95 bits per heavy atom. The Kier molecular flexibility index (Phi) is 4.32. The number of hydrogen-bond acceptors (Lipinski definition) is 2. The Hall–Kier alpha value is -1.32. The van der Waals surface area contributed by atoms with Crippen LogP contribution < -0.4 is 10.1 Å². The maximum Gasteiger partial charge on any atom is 0.132 e. The molecule has 1 aliphatic carbocycles. The molecule has 1 aliphatic rings. The maximum atomic E-state index is 6.17. The Bertz CT molecular complexity index is 650. The average molecular weight is 346 g/mol. The van der Waals surface area contributed by atoms with Gasteiger partial charge in [0.05, 0.1) is 0 Å². The summed E-state index contributed by atoms with van der Waals surface area (Å²) >= 11 is 3.55. The highest BCUT2D eigenvalue weighted by molar-refractivity contribution is 9.10. The lowest BCUT2D eigenvalue weighted by Crippen LogP contribution is -2.15. The van der Waals surface area contributed by atoms with Crippen LogP contribution in [-0.2, 0) is 6.54 Å². The Labute approximate surface area is 134 Å². The van der Waals surface area contributed by atoms with Gasteiger partial charge in [0, 0.05) is 22.6 Å². The normalized spacial score (nSPS) is 14.2. The predicted octanol–water partition coefficient (Wildman–Crippen LogP) is 5.11. The van der Waals surface area contributed by atoms with E-state index in [9.17, 15) is 0 Å². The first-order chi connectivity index (χ1) is 10.1. The molecular formula is C18H20BrNO. The monoisotopic (exact) mass is 345 g/mol. The lowest BCUT2D eigenvalue weighted by molar-refractivity contribution is 0.468. The van der Waals surface area contributed by atoms with E-state index >= 15 is 0 Å². The molecule has 2 aromatic carbocycles. The van der Waals surface area contributed by atoms with E-state index in [4.69, 9.17) is 4.74 Å². The highest BCUT2D eigenvalue weighted by Gasteiger charge is 2.20. The zero-order valence-electron chi connectivity index (χ0n) is 12.4. The summed E-state index contributed by atoms with van der Waals surface area (Å²) in [7, 11) is 0. The number of aryl methyl sites for hydroxylation is 1. The van der Waals surface area contributed by atoms with E-state index in [1.807, 2.05) is 24.3 Å². The van der Waals surface area contributed by atoms with Gasteiger partial charge in [0.15, 0.2) is 0 Å². The van der Waals surface area contributed by atoms with Crippen molar-refractivity contribution < 1.29 is 4.74 Å². The second-order valence-electron chi connectivity index (χ2n) is 5.71. The van der Waals surface area contributed by atoms with Crippen molar-refractivity contribution in [1.82, 2.24) is 5.32 Å². The molecule has 110 valence electrons. The van der Waals surface area contributed by atoms with Crippen LogP contribution in [0.3, 0.4) is 0 Å². The second kappa shape index (κ2) is 6.20. The fourth-order valence-electron chi connectivity index (χ4n) is 2.28. The molecule has 3 heteroatoms. The molecule has 0 heterocycles. The fraction of sp³-hybridized carbons (Fsp3) is 0.333. The van der Waals surface area contributed by atoms with Gasteiger partial charge in [0.2, 0.25) is 0 Å². The molecule has 0 radical (unpaired) electrons. The number of nitrogens with one attached hydrogen (secondary N) is 1. The third kappa shape index (κ3) is 3.66. The first kappa shape index (κ1) is 14.6. The summed E-state index contributed by atoms with van der Waals surface area (Å²) in [5, 5.41) is 3.55. The highest BCUT2D eigenvalue weighted by Crippen LogP contribution is 2.31. The standard InChI is InChI=1S/C18H20BrNO/c1-12-4-3-5-17(13(12)2)21-18-9-6-15(19)10-14(18)11-20-16-7-8-16/h3-6,9-10,16,20H,7-8,11H2,1-2H3. The molecule has 0 unspecified atom stereocenters. The highest BCUT2D eigenvalue weighted by atomic mass is 79.9. The molecule has 0 atom stereocenters. The van der Waals surface area contributed by atoms with Gasteiger partial charge in [-0.3, -0.25) is 0 Å². The molecule has 21 heavy (non-hydrogen) atoms. The maximum absolute atomic E-state index is 6.17. The Morgan fingerprint density at radius 3 is 2.71 bits per heavy atom. The molecule has 0 aromatic heterocycles. The van der Waals surface area contributed by atoms with Crippen LogP contribution >= 0.6 is 15.9 Å². The summed E-state index contributed by atoms with van der Waals surface area (Å²) in [4.78, 5) is 0. The quantitative estimate of drug-likeness (QED) is 0.812. The van der Waals surface area contributed by atoms with Crippen molar-refractivity contribution in [2.75, 3.05) is 0 Å². The van der Waals surface area contributed by atoms with Crippen LogP contribution in [0.5, 0.6) is 11.5 Å². The van der Waals surface area contributed by atoms with Crippen molar-refractivity contribution in [2.24, 2.45) is 0 Å². The summed E-state index contributed by atoms with van der Waals surface area (Å²) in [5.41, 5.74) is 3.64. The van der Waals surface area contributed by atoms with Gasteiger partial charge in [-0.25, -0.2) is 0 Å². The average Bonchev–Trinajstić information content (AvgIpc) is 3.28. The van der Waals surface area contributed by atoms with Gasteiger partial charge < -0.3 is 10.1 Å². The molecule has 0 bridgehead atoms. The van der Waals surface area contributed by atoms with E-state index in [-0.39, 0.29) is 0 Å². The third-order valence-electron chi connectivity index (χ3n) is 3.96. The van der Waals surface area contributed by atoms with Crippen molar-refractivity contribution in [1.29, 1.82) is 0 Å². The van der Waals surface area contributed by atoms with Crippen LogP contribution in [0, 0.1) is 13.8 Å². The second-order valence-corrected chi connectivity index (χ2v) is 6.62. The SMILES string of the molecule is Cc1cccc(Oc2ccc(Br)cc2CNC2CC2)c1C. The molecule has 0 spiro atoms. The minimum absolute atomic E-state index is 0.692. The summed E-state index contributed by atoms with van der Waals surface area (Å²) in [6.45, 7) is 5.06.